The Morgan fingerprint density at radius 3 is 1.53 bits per heavy atom. The van der Waals surface area contributed by atoms with Gasteiger partial charge in [0.2, 0.25) is 0 Å². The number of anilines is 3. The fourth-order valence-electron chi connectivity index (χ4n) is 10.8. The molecule has 1 aromatic heterocycles. The van der Waals surface area contributed by atoms with E-state index in [4.69, 9.17) is 0 Å². The molecule has 0 saturated heterocycles. The van der Waals surface area contributed by atoms with Crippen molar-refractivity contribution in [1.82, 2.24) is 4.57 Å². The molecule has 2 nitrogen and oxygen atoms in total. The quantitative estimate of drug-likeness (QED) is 0.164. The maximum atomic E-state index is 2.48. The highest BCUT2D eigenvalue weighted by Crippen LogP contribution is 2.57. The van der Waals surface area contributed by atoms with Crippen molar-refractivity contribution < 1.29 is 0 Å². The summed E-state index contributed by atoms with van der Waals surface area (Å²) in [5.41, 5.74) is 19.3. The van der Waals surface area contributed by atoms with Crippen LogP contribution in [0.2, 0.25) is 0 Å². The van der Waals surface area contributed by atoms with Crippen LogP contribution in [0, 0.1) is 0 Å². The van der Waals surface area contributed by atoms with Gasteiger partial charge in [0.1, 0.15) is 0 Å². The first-order chi connectivity index (χ1) is 29.5. The Bertz CT molecular complexity index is 3200. The van der Waals surface area contributed by atoms with E-state index < -0.39 is 5.41 Å². The first-order valence-electron chi connectivity index (χ1n) is 21.0. The maximum absolute atomic E-state index is 2.48. The molecule has 0 radical (unpaired) electrons. The van der Waals surface area contributed by atoms with Gasteiger partial charge in [-0.25, -0.2) is 0 Å². The predicted octanol–water partition coefficient (Wildman–Crippen LogP) is 14.9. The van der Waals surface area contributed by atoms with Crippen LogP contribution in [0.3, 0.4) is 0 Å². The van der Waals surface area contributed by atoms with E-state index in [1.807, 2.05) is 0 Å². The van der Waals surface area contributed by atoms with E-state index in [-0.39, 0.29) is 5.41 Å². The van der Waals surface area contributed by atoms with E-state index in [0.29, 0.717) is 0 Å². The van der Waals surface area contributed by atoms with Gasteiger partial charge in [-0.05, 0) is 110 Å². The molecule has 10 aromatic rings. The molecule has 0 amide bonds. The highest BCUT2D eigenvalue weighted by Gasteiger charge is 2.46. The van der Waals surface area contributed by atoms with Gasteiger partial charge in [-0.3, -0.25) is 0 Å². The van der Waals surface area contributed by atoms with Gasteiger partial charge in [0.25, 0.3) is 0 Å². The lowest BCUT2D eigenvalue weighted by Crippen LogP contribution is -2.28. The van der Waals surface area contributed by atoms with Gasteiger partial charge in [-0.15, -0.1) is 0 Å². The lowest BCUT2D eigenvalue weighted by molar-refractivity contribution is 0.660. The highest BCUT2D eigenvalue weighted by atomic mass is 15.1. The Morgan fingerprint density at radius 1 is 0.350 bits per heavy atom. The summed E-state index contributed by atoms with van der Waals surface area (Å²) in [4.78, 5) is 2.48. The Labute approximate surface area is 351 Å². The summed E-state index contributed by atoms with van der Waals surface area (Å²) in [6, 6.07) is 81.0. The van der Waals surface area contributed by atoms with Gasteiger partial charge < -0.3 is 9.47 Å². The van der Waals surface area contributed by atoms with Crippen LogP contribution in [0.1, 0.15) is 47.2 Å². The zero-order valence-corrected chi connectivity index (χ0v) is 33.7. The third-order valence-corrected chi connectivity index (χ3v) is 13.5. The minimum absolute atomic E-state index is 0.139. The second-order valence-electron chi connectivity index (χ2n) is 16.9. The Hall–Kier alpha value is -7.42. The van der Waals surface area contributed by atoms with Gasteiger partial charge in [0.05, 0.1) is 16.4 Å². The van der Waals surface area contributed by atoms with Crippen LogP contribution in [0.15, 0.2) is 218 Å². The Balaban J connectivity index is 1.11. The number of rotatable bonds is 6. The van der Waals surface area contributed by atoms with E-state index in [1.54, 1.807) is 0 Å². The summed E-state index contributed by atoms with van der Waals surface area (Å²) >= 11 is 0. The minimum Gasteiger partial charge on any atom is -0.310 e. The van der Waals surface area contributed by atoms with Crippen molar-refractivity contribution in [2.45, 2.75) is 24.7 Å². The van der Waals surface area contributed by atoms with Crippen LogP contribution < -0.4 is 4.90 Å². The second kappa shape index (κ2) is 13.0. The molecule has 0 N–H and O–H groups in total. The number of aromatic nitrogens is 1. The van der Waals surface area contributed by atoms with Crippen LogP contribution in [-0.2, 0) is 10.8 Å². The standard InChI is InChI=1S/C58H42N2/c1-57(2)51-28-13-9-24-45(51)47-34-32-44(38-54(47)57)59(41-22-17-23-42(36-41)60-55-30-15-11-26-48(55)49-27-12-16-31-56(49)60)43-33-35-53-50(37-43)46-25-10-14-29-52(46)58(53,39-18-5-3-6-19-39)40-20-7-4-8-21-40/h3-38H,1-2H3. The fourth-order valence-corrected chi connectivity index (χ4v) is 10.8. The molecule has 0 unspecified atom stereocenters. The zero-order valence-electron chi connectivity index (χ0n) is 33.7. The molecule has 0 spiro atoms. The zero-order chi connectivity index (χ0) is 40.0. The Kier molecular flexibility index (Phi) is 7.52. The number of hydrogen-bond donors (Lipinski definition) is 0. The van der Waals surface area contributed by atoms with Crippen LogP contribution in [-0.4, -0.2) is 4.57 Å². The van der Waals surface area contributed by atoms with Crippen molar-refractivity contribution in [2.75, 3.05) is 4.90 Å². The Morgan fingerprint density at radius 2 is 0.850 bits per heavy atom. The van der Waals surface area contributed by atoms with Crippen LogP contribution >= 0.6 is 0 Å². The van der Waals surface area contributed by atoms with E-state index in [2.05, 4.69) is 242 Å². The molecule has 0 fully saturated rings. The molecular formula is C58H42N2. The van der Waals surface area contributed by atoms with Gasteiger partial charge in [0.15, 0.2) is 0 Å². The van der Waals surface area contributed by atoms with Crippen molar-refractivity contribution >= 4 is 38.9 Å². The number of nitrogens with zero attached hydrogens (tertiary/aromatic N) is 2. The maximum Gasteiger partial charge on any atom is 0.0713 e. The van der Waals surface area contributed by atoms with Crippen molar-refractivity contribution in [3.8, 4) is 27.9 Å². The topological polar surface area (TPSA) is 8.17 Å². The molecule has 1 heterocycles. The lowest BCUT2D eigenvalue weighted by atomic mass is 9.68. The smallest absolute Gasteiger partial charge is 0.0713 e. The number of benzene rings is 9. The summed E-state index contributed by atoms with van der Waals surface area (Å²) < 4.78 is 2.42. The van der Waals surface area contributed by atoms with Crippen molar-refractivity contribution in [2.24, 2.45) is 0 Å². The molecule has 0 aliphatic heterocycles. The molecule has 60 heavy (non-hydrogen) atoms. The number of para-hydroxylation sites is 2. The van der Waals surface area contributed by atoms with Gasteiger partial charge in [-0.1, -0.05) is 178 Å². The van der Waals surface area contributed by atoms with Crippen molar-refractivity contribution in [3.05, 3.63) is 252 Å². The fraction of sp³-hybridized carbons (Fsp3) is 0.0690. The average molecular weight is 767 g/mol. The van der Waals surface area contributed by atoms with Gasteiger partial charge in [0, 0.05) is 38.9 Å². The van der Waals surface area contributed by atoms with Crippen LogP contribution in [0.4, 0.5) is 17.1 Å². The third kappa shape index (κ3) is 4.82. The molecule has 2 aliphatic carbocycles. The molecule has 0 atom stereocenters. The van der Waals surface area contributed by atoms with Crippen LogP contribution in [0.5, 0.6) is 0 Å². The molecule has 2 heteroatoms. The number of fused-ring (bicyclic) bond motifs is 9. The van der Waals surface area contributed by atoms with E-state index in [1.165, 1.54) is 77.4 Å². The first-order valence-corrected chi connectivity index (χ1v) is 21.0. The van der Waals surface area contributed by atoms with E-state index in [0.717, 1.165) is 22.7 Å². The van der Waals surface area contributed by atoms with Gasteiger partial charge >= 0.3 is 0 Å². The molecule has 284 valence electrons. The van der Waals surface area contributed by atoms with Gasteiger partial charge in [-0.2, -0.15) is 0 Å². The average Bonchev–Trinajstić information content (AvgIpc) is 3.88. The summed E-state index contributed by atoms with van der Waals surface area (Å²) in [7, 11) is 0. The molecular weight excluding hydrogens is 725 g/mol. The predicted molar refractivity (Wildman–Crippen MR) is 250 cm³/mol. The second-order valence-corrected chi connectivity index (χ2v) is 16.9. The SMILES string of the molecule is CC1(C)c2ccccc2-c2ccc(N(c3cccc(-n4c5ccccc5c5ccccc54)c3)c3ccc4c(c3)-c3ccccc3C4(c3ccccc3)c3ccccc3)cc21. The molecule has 9 aromatic carbocycles. The van der Waals surface area contributed by atoms with Crippen molar-refractivity contribution in [1.29, 1.82) is 0 Å². The molecule has 0 bridgehead atoms. The third-order valence-electron chi connectivity index (χ3n) is 13.5. The van der Waals surface area contributed by atoms with E-state index >= 15 is 0 Å². The summed E-state index contributed by atoms with van der Waals surface area (Å²) in [5.74, 6) is 0. The summed E-state index contributed by atoms with van der Waals surface area (Å²) in [6.45, 7) is 4.74. The normalized spacial score (nSPS) is 14.1. The first kappa shape index (κ1) is 34.6. The highest BCUT2D eigenvalue weighted by molar-refractivity contribution is 6.09. The minimum atomic E-state index is -0.461. The summed E-state index contributed by atoms with van der Waals surface area (Å²) in [6.07, 6.45) is 0. The lowest BCUT2D eigenvalue weighted by Gasteiger charge is -2.34. The van der Waals surface area contributed by atoms with Crippen LogP contribution in [0.25, 0.3) is 49.7 Å². The van der Waals surface area contributed by atoms with E-state index in [9.17, 15) is 0 Å². The largest absolute Gasteiger partial charge is 0.310 e. The monoisotopic (exact) mass is 766 g/mol. The molecule has 2 aliphatic rings. The number of hydrogen-bond acceptors (Lipinski definition) is 1. The van der Waals surface area contributed by atoms with Crippen molar-refractivity contribution in [3.63, 3.8) is 0 Å². The molecule has 0 saturated carbocycles. The molecule has 12 rings (SSSR count). The summed E-state index contributed by atoms with van der Waals surface area (Å²) in [5, 5.41) is 2.52.